The molecule has 88 valence electrons. The van der Waals surface area contributed by atoms with Gasteiger partial charge < -0.3 is 20.1 Å². The van der Waals surface area contributed by atoms with E-state index >= 15 is 0 Å². The first-order valence-electron chi connectivity index (χ1n) is 5.27. The fourth-order valence-electron chi connectivity index (χ4n) is 1.64. The molecule has 0 saturated carbocycles. The van der Waals surface area contributed by atoms with Crippen LogP contribution in [0.25, 0.3) is 0 Å². The van der Waals surface area contributed by atoms with E-state index in [1.165, 1.54) is 0 Å². The zero-order valence-electron chi connectivity index (χ0n) is 9.44. The number of rotatable bonds is 4. The van der Waals surface area contributed by atoms with Gasteiger partial charge in [-0.1, -0.05) is 0 Å². The Hall–Kier alpha value is -0.650. The minimum Gasteiger partial charge on any atom is -0.382 e. The van der Waals surface area contributed by atoms with Gasteiger partial charge in [0.2, 0.25) is 5.91 Å². The molecule has 0 aromatic rings. The maximum Gasteiger partial charge on any atom is 0.224 e. The number of amides is 1. The topological polar surface area (TPSA) is 64.8 Å². The molecule has 1 heterocycles. The van der Waals surface area contributed by atoms with Crippen LogP contribution in [0.1, 0.15) is 13.3 Å². The number of nitrogens with zero attached hydrogens (tertiary/aromatic N) is 1. The van der Waals surface area contributed by atoms with E-state index in [0.717, 1.165) is 0 Å². The summed E-state index contributed by atoms with van der Waals surface area (Å²) in [6, 6.07) is -0.0822. The Labute approximate surface area is 90.5 Å². The molecular weight excluding hydrogens is 196 g/mol. The van der Waals surface area contributed by atoms with E-state index in [4.69, 9.17) is 15.2 Å². The van der Waals surface area contributed by atoms with E-state index in [-0.39, 0.29) is 18.1 Å². The molecule has 1 aliphatic heterocycles. The minimum atomic E-state index is -0.0822. The molecule has 1 fully saturated rings. The number of morpholine rings is 1. The van der Waals surface area contributed by atoms with Crippen molar-refractivity contribution in [3.05, 3.63) is 0 Å². The molecule has 0 bridgehead atoms. The van der Waals surface area contributed by atoms with Gasteiger partial charge in [-0.05, 0) is 6.92 Å². The summed E-state index contributed by atoms with van der Waals surface area (Å²) in [4.78, 5) is 13.5. The molecule has 1 saturated heterocycles. The van der Waals surface area contributed by atoms with Crippen LogP contribution in [0.2, 0.25) is 0 Å². The van der Waals surface area contributed by atoms with Gasteiger partial charge in [0.15, 0.2) is 0 Å². The maximum absolute atomic E-state index is 11.7. The van der Waals surface area contributed by atoms with E-state index in [0.29, 0.717) is 32.7 Å². The normalized spacial score (nSPS) is 23.9. The summed E-state index contributed by atoms with van der Waals surface area (Å²) in [7, 11) is 1.63. The van der Waals surface area contributed by atoms with Crippen LogP contribution in [0.3, 0.4) is 0 Å². The lowest BCUT2D eigenvalue weighted by Crippen LogP contribution is -2.48. The smallest absolute Gasteiger partial charge is 0.224 e. The second kappa shape index (κ2) is 6.05. The Kier molecular flexibility index (Phi) is 5.01. The van der Waals surface area contributed by atoms with Crippen molar-refractivity contribution >= 4 is 5.91 Å². The number of nitrogens with two attached hydrogens (primary N) is 1. The molecule has 1 aliphatic rings. The number of ether oxygens (including phenoxy) is 2. The highest BCUT2D eigenvalue weighted by Gasteiger charge is 2.24. The molecule has 0 aliphatic carbocycles. The summed E-state index contributed by atoms with van der Waals surface area (Å²) in [6.45, 7) is 4.22. The average Bonchev–Trinajstić information content (AvgIpc) is 2.17. The summed E-state index contributed by atoms with van der Waals surface area (Å²) >= 11 is 0. The van der Waals surface area contributed by atoms with E-state index in [9.17, 15) is 4.79 Å². The lowest BCUT2D eigenvalue weighted by Gasteiger charge is -2.33. The van der Waals surface area contributed by atoms with Crippen molar-refractivity contribution in [1.82, 2.24) is 4.90 Å². The molecule has 15 heavy (non-hydrogen) atoms. The number of hydrogen-bond acceptors (Lipinski definition) is 4. The second-order valence-electron chi connectivity index (χ2n) is 3.97. The lowest BCUT2D eigenvalue weighted by molar-refractivity contribution is -0.141. The van der Waals surface area contributed by atoms with Gasteiger partial charge in [0.25, 0.3) is 0 Å². The molecule has 5 nitrogen and oxygen atoms in total. The standard InChI is InChI=1S/C10H20N2O3/c1-8(11)5-10(13)12-3-4-15-9(6-12)7-14-2/h8-9H,3-7,11H2,1-2H3. The van der Waals surface area contributed by atoms with E-state index in [1.807, 2.05) is 6.92 Å². The van der Waals surface area contributed by atoms with Gasteiger partial charge in [-0.2, -0.15) is 0 Å². The third kappa shape index (κ3) is 4.15. The highest BCUT2D eigenvalue weighted by Crippen LogP contribution is 2.07. The van der Waals surface area contributed by atoms with Crippen molar-refractivity contribution in [3.8, 4) is 0 Å². The summed E-state index contributed by atoms with van der Waals surface area (Å²) in [5.74, 6) is 0.106. The van der Waals surface area contributed by atoms with Crippen molar-refractivity contribution in [2.45, 2.75) is 25.5 Å². The number of methoxy groups -OCH3 is 1. The van der Waals surface area contributed by atoms with Crippen LogP contribution < -0.4 is 5.73 Å². The Balaban J connectivity index is 2.38. The molecule has 0 aromatic heterocycles. The number of carbonyl (C=O) groups excluding carboxylic acids is 1. The van der Waals surface area contributed by atoms with Gasteiger partial charge in [0.1, 0.15) is 0 Å². The molecule has 0 spiro atoms. The van der Waals surface area contributed by atoms with E-state index in [1.54, 1.807) is 12.0 Å². The summed E-state index contributed by atoms with van der Waals surface area (Å²) in [6.07, 6.45) is 0.403. The summed E-state index contributed by atoms with van der Waals surface area (Å²) in [5, 5.41) is 0. The Morgan fingerprint density at radius 3 is 3.07 bits per heavy atom. The van der Waals surface area contributed by atoms with E-state index in [2.05, 4.69) is 0 Å². The molecule has 5 heteroatoms. The molecular formula is C10H20N2O3. The summed E-state index contributed by atoms with van der Waals surface area (Å²) in [5.41, 5.74) is 5.59. The highest BCUT2D eigenvalue weighted by atomic mass is 16.5. The predicted octanol–water partition coefficient (Wildman–Crippen LogP) is -0.402. The number of hydrogen-bond donors (Lipinski definition) is 1. The van der Waals surface area contributed by atoms with Crippen molar-refractivity contribution in [2.75, 3.05) is 33.4 Å². The molecule has 1 rings (SSSR count). The Bertz CT molecular complexity index is 207. The van der Waals surface area contributed by atoms with Gasteiger partial charge in [-0.25, -0.2) is 0 Å². The quantitative estimate of drug-likeness (QED) is 0.694. The molecule has 1 amide bonds. The lowest BCUT2D eigenvalue weighted by atomic mass is 10.2. The monoisotopic (exact) mass is 216 g/mol. The van der Waals surface area contributed by atoms with Gasteiger partial charge in [-0.3, -0.25) is 4.79 Å². The van der Waals surface area contributed by atoms with Crippen LogP contribution in [0.15, 0.2) is 0 Å². The molecule has 0 radical (unpaired) electrons. The predicted molar refractivity (Wildman–Crippen MR) is 56.5 cm³/mol. The largest absolute Gasteiger partial charge is 0.382 e. The third-order valence-corrected chi connectivity index (χ3v) is 2.34. The SMILES string of the molecule is COCC1CN(C(=O)CC(C)N)CCO1. The van der Waals surface area contributed by atoms with Crippen molar-refractivity contribution in [2.24, 2.45) is 5.73 Å². The third-order valence-electron chi connectivity index (χ3n) is 2.34. The molecule has 2 unspecified atom stereocenters. The summed E-state index contributed by atoms with van der Waals surface area (Å²) < 4.78 is 10.5. The Morgan fingerprint density at radius 1 is 1.73 bits per heavy atom. The zero-order chi connectivity index (χ0) is 11.3. The van der Waals surface area contributed by atoms with Crippen LogP contribution in [-0.2, 0) is 14.3 Å². The molecule has 2 atom stereocenters. The van der Waals surface area contributed by atoms with Gasteiger partial charge in [0.05, 0.1) is 19.3 Å². The molecule has 0 aromatic carbocycles. The first-order valence-corrected chi connectivity index (χ1v) is 5.27. The van der Waals surface area contributed by atoms with Gasteiger partial charge >= 0.3 is 0 Å². The van der Waals surface area contributed by atoms with Crippen LogP contribution in [0, 0.1) is 0 Å². The van der Waals surface area contributed by atoms with Crippen molar-refractivity contribution in [1.29, 1.82) is 0 Å². The first-order chi connectivity index (χ1) is 7.13. The van der Waals surface area contributed by atoms with Gasteiger partial charge in [-0.15, -0.1) is 0 Å². The van der Waals surface area contributed by atoms with Crippen LogP contribution in [-0.4, -0.2) is 56.4 Å². The highest BCUT2D eigenvalue weighted by molar-refractivity contribution is 5.76. The minimum absolute atomic E-state index is 0.000723. The van der Waals surface area contributed by atoms with Crippen LogP contribution >= 0.6 is 0 Å². The Morgan fingerprint density at radius 2 is 2.47 bits per heavy atom. The molecule has 2 N–H and O–H groups in total. The van der Waals surface area contributed by atoms with Crippen LogP contribution in [0.5, 0.6) is 0 Å². The van der Waals surface area contributed by atoms with E-state index < -0.39 is 0 Å². The maximum atomic E-state index is 11.7. The van der Waals surface area contributed by atoms with Crippen LogP contribution in [0.4, 0.5) is 0 Å². The second-order valence-corrected chi connectivity index (χ2v) is 3.97. The fraction of sp³-hybridized carbons (Fsp3) is 0.900. The van der Waals surface area contributed by atoms with Crippen molar-refractivity contribution in [3.63, 3.8) is 0 Å². The van der Waals surface area contributed by atoms with Gasteiger partial charge in [0, 0.05) is 32.7 Å². The first kappa shape index (κ1) is 12.4. The average molecular weight is 216 g/mol. The zero-order valence-corrected chi connectivity index (χ0v) is 9.44. The fourth-order valence-corrected chi connectivity index (χ4v) is 1.64. The number of carbonyl (C=O) groups is 1. The van der Waals surface area contributed by atoms with Crippen molar-refractivity contribution < 1.29 is 14.3 Å².